The number of nitrogens with zero attached hydrogens (tertiary/aromatic N) is 1. The topological polar surface area (TPSA) is 29.5 Å². The van der Waals surface area contributed by atoms with E-state index in [2.05, 4.69) is 11.9 Å². The molecular formula is C15H27NO2. The minimum atomic E-state index is 0.00159. The van der Waals surface area contributed by atoms with Gasteiger partial charge in [0.1, 0.15) is 0 Å². The molecule has 2 rings (SSSR count). The van der Waals surface area contributed by atoms with Gasteiger partial charge in [-0.3, -0.25) is 4.79 Å². The second-order valence-corrected chi connectivity index (χ2v) is 6.04. The zero-order valence-corrected chi connectivity index (χ0v) is 11.9. The first-order valence-electron chi connectivity index (χ1n) is 7.50. The summed E-state index contributed by atoms with van der Waals surface area (Å²) in [7, 11) is 3.74. The van der Waals surface area contributed by atoms with Gasteiger partial charge in [-0.1, -0.05) is 25.7 Å². The summed E-state index contributed by atoms with van der Waals surface area (Å²) >= 11 is 0. The molecule has 1 aliphatic heterocycles. The molecule has 104 valence electrons. The van der Waals surface area contributed by atoms with Crippen LogP contribution in [0.3, 0.4) is 0 Å². The highest BCUT2D eigenvalue weighted by molar-refractivity contribution is 5.72. The fraction of sp³-hybridized carbons (Fsp3) is 0.933. The summed E-state index contributed by atoms with van der Waals surface area (Å²) in [5.74, 6) is 0.936. The number of carbonyl (C=O) groups is 1. The molecule has 2 unspecified atom stereocenters. The van der Waals surface area contributed by atoms with Crippen molar-refractivity contribution in [3.8, 4) is 0 Å². The molecular weight excluding hydrogens is 226 g/mol. The molecule has 0 N–H and O–H groups in total. The number of piperidine rings is 1. The summed E-state index contributed by atoms with van der Waals surface area (Å²) in [4.78, 5) is 14.2. The maximum atomic E-state index is 11.7. The minimum absolute atomic E-state index is 0.00159. The first-order valence-corrected chi connectivity index (χ1v) is 7.50. The number of hydrogen-bond acceptors (Lipinski definition) is 3. The van der Waals surface area contributed by atoms with Crippen LogP contribution in [0.4, 0.5) is 0 Å². The van der Waals surface area contributed by atoms with Gasteiger partial charge in [0.05, 0.1) is 13.0 Å². The van der Waals surface area contributed by atoms with Crippen LogP contribution in [0.2, 0.25) is 0 Å². The molecule has 2 aliphatic rings. The van der Waals surface area contributed by atoms with Gasteiger partial charge < -0.3 is 9.64 Å². The predicted molar refractivity (Wildman–Crippen MR) is 72.4 cm³/mol. The number of rotatable bonds is 2. The molecule has 0 aromatic carbocycles. The molecule has 1 heterocycles. The Morgan fingerprint density at radius 2 is 1.78 bits per heavy atom. The number of ether oxygens (including phenoxy) is 1. The Balaban J connectivity index is 1.97. The average Bonchev–Trinajstić information content (AvgIpc) is 2.67. The van der Waals surface area contributed by atoms with Gasteiger partial charge >= 0.3 is 5.97 Å². The number of carbonyl (C=O) groups excluding carboxylic acids is 1. The molecule has 2 atom stereocenters. The first-order chi connectivity index (χ1) is 8.72. The van der Waals surface area contributed by atoms with Crippen molar-refractivity contribution in [1.82, 2.24) is 4.90 Å². The third-order valence-corrected chi connectivity index (χ3v) is 4.90. The van der Waals surface area contributed by atoms with E-state index >= 15 is 0 Å². The van der Waals surface area contributed by atoms with Crippen LogP contribution in [0, 0.1) is 11.8 Å². The number of hydrogen-bond donors (Lipinski definition) is 0. The van der Waals surface area contributed by atoms with Crippen LogP contribution in [-0.4, -0.2) is 37.6 Å². The van der Waals surface area contributed by atoms with Crippen molar-refractivity contribution < 1.29 is 9.53 Å². The van der Waals surface area contributed by atoms with Crippen molar-refractivity contribution in [3.63, 3.8) is 0 Å². The number of methoxy groups -OCH3 is 1. The molecule has 18 heavy (non-hydrogen) atoms. The van der Waals surface area contributed by atoms with E-state index in [1.165, 1.54) is 45.6 Å². The van der Waals surface area contributed by atoms with Crippen LogP contribution in [0.15, 0.2) is 0 Å². The van der Waals surface area contributed by atoms with Gasteiger partial charge in [-0.2, -0.15) is 0 Å². The van der Waals surface area contributed by atoms with E-state index in [0.717, 1.165) is 25.3 Å². The lowest BCUT2D eigenvalue weighted by molar-refractivity contribution is -0.148. The van der Waals surface area contributed by atoms with Gasteiger partial charge in [0.15, 0.2) is 0 Å². The Morgan fingerprint density at radius 3 is 2.39 bits per heavy atom. The molecule has 3 nitrogen and oxygen atoms in total. The standard InChI is InChI=1S/C15H27NO2/c1-16-10-9-13(15(17)18-2)11-14(16)12-7-5-3-4-6-8-12/h12-14H,3-11H2,1-2H3. The predicted octanol–water partition coefficient (Wildman–Crippen LogP) is 2.84. The summed E-state index contributed by atoms with van der Waals surface area (Å²) in [6.07, 6.45) is 10.2. The van der Waals surface area contributed by atoms with E-state index < -0.39 is 0 Å². The largest absolute Gasteiger partial charge is 0.469 e. The second-order valence-electron chi connectivity index (χ2n) is 6.04. The monoisotopic (exact) mass is 253 g/mol. The van der Waals surface area contributed by atoms with E-state index in [-0.39, 0.29) is 11.9 Å². The van der Waals surface area contributed by atoms with E-state index in [9.17, 15) is 4.79 Å². The van der Waals surface area contributed by atoms with Crippen molar-refractivity contribution in [2.24, 2.45) is 11.8 Å². The lowest BCUT2D eigenvalue weighted by atomic mass is 9.81. The van der Waals surface area contributed by atoms with Gasteiger partial charge in [0, 0.05) is 6.04 Å². The molecule has 0 amide bonds. The highest BCUT2D eigenvalue weighted by atomic mass is 16.5. The summed E-state index contributed by atoms with van der Waals surface area (Å²) in [6.45, 7) is 1.04. The Labute approximate surface area is 111 Å². The highest BCUT2D eigenvalue weighted by Gasteiger charge is 2.35. The van der Waals surface area contributed by atoms with Crippen LogP contribution in [0.25, 0.3) is 0 Å². The maximum absolute atomic E-state index is 11.7. The van der Waals surface area contributed by atoms with Crippen molar-refractivity contribution in [3.05, 3.63) is 0 Å². The van der Waals surface area contributed by atoms with Crippen molar-refractivity contribution in [2.75, 3.05) is 20.7 Å². The zero-order chi connectivity index (χ0) is 13.0. The molecule has 0 aromatic heterocycles. The van der Waals surface area contributed by atoms with Crippen molar-refractivity contribution in [2.45, 2.75) is 57.4 Å². The molecule has 1 saturated heterocycles. The summed E-state index contributed by atoms with van der Waals surface area (Å²) in [5, 5.41) is 0. The van der Waals surface area contributed by atoms with Gasteiger partial charge in [0.2, 0.25) is 0 Å². The lowest BCUT2D eigenvalue weighted by Gasteiger charge is -2.40. The van der Waals surface area contributed by atoms with Crippen LogP contribution >= 0.6 is 0 Å². The first kappa shape index (κ1) is 13.9. The van der Waals surface area contributed by atoms with Gasteiger partial charge in [-0.15, -0.1) is 0 Å². The van der Waals surface area contributed by atoms with Crippen molar-refractivity contribution >= 4 is 5.97 Å². The van der Waals surface area contributed by atoms with E-state index in [4.69, 9.17) is 4.74 Å². The van der Waals surface area contributed by atoms with Crippen LogP contribution in [0.1, 0.15) is 51.4 Å². The molecule has 0 aromatic rings. The second kappa shape index (κ2) is 6.55. The smallest absolute Gasteiger partial charge is 0.308 e. The Bertz CT molecular complexity index is 272. The zero-order valence-electron chi connectivity index (χ0n) is 11.9. The normalized spacial score (nSPS) is 31.9. The van der Waals surface area contributed by atoms with E-state index in [0.29, 0.717) is 6.04 Å². The Morgan fingerprint density at radius 1 is 1.11 bits per heavy atom. The fourth-order valence-electron chi connectivity index (χ4n) is 3.74. The maximum Gasteiger partial charge on any atom is 0.308 e. The molecule has 2 fully saturated rings. The van der Waals surface area contributed by atoms with Crippen LogP contribution in [0.5, 0.6) is 0 Å². The highest BCUT2D eigenvalue weighted by Crippen LogP contribution is 2.34. The third kappa shape index (κ3) is 3.25. The van der Waals surface area contributed by atoms with Gasteiger partial charge in [0.25, 0.3) is 0 Å². The molecule has 3 heteroatoms. The quantitative estimate of drug-likeness (QED) is 0.560. The lowest BCUT2D eigenvalue weighted by Crippen LogP contribution is -2.46. The summed E-state index contributed by atoms with van der Waals surface area (Å²) in [5.41, 5.74) is 0. The van der Waals surface area contributed by atoms with Crippen molar-refractivity contribution in [1.29, 1.82) is 0 Å². The van der Waals surface area contributed by atoms with E-state index in [1.807, 2.05) is 0 Å². The molecule has 1 aliphatic carbocycles. The minimum Gasteiger partial charge on any atom is -0.469 e. The molecule has 0 spiro atoms. The Hall–Kier alpha value is -0.570. The molecule has 1 saturated carbocycles. The third-order valence-electron chi connectivity index (χ3n) is 4.90. The van der Waals surface area contributed by atoms with Crippen LogP contribution in [-0.2, 0) is 9.53 Å². The van der Waals surface area contributed by atoms with Gasteiger partial charge in [-0.25, -0.2) is 0 Å². The Kier molecular flexibility index (Phi) is 5.04. The average molecular weight is 253 g/mol. The number of likely N-dealkylation sites (tertiary alicyclic amines) is 1. The summed E-state index contributed by atoms with van der Waals surface area (Å²) in [6, 6.07) is 0.598. The molecule has 0 radical (unpaired) electrons. The van der Waals surface area contributed by atoms with Gasteiger partial charge in [-0.05, 0) is 45.2 Å². The van der Waals surface area contributed by atoms with Crippen LogP contribution < -0.4 is 0 Å². The fourth-order valence-corrected chi connectivity index (χ4v) is 3.74. The number of esters is 1. The molecule has 0 bridgehead atoms. The SMILES string of the molecule is COC(=O)C1CCN(C)C(C2CCCCCC2)C1. The van der Waals surface area contributed by atoms with E-state index in [1.54, 1.807) is 0 Å². The summed E-state index contributed by atoms with van der Waals surface area (Å²) < 4.78 is 4.93.